The maximum Gasteiger partial charge on any atom is 0.260 e. The normalized spacial score (nSPS) is 20.1. The van der Waals surface area contributed by atoms with Crippen LogP contribution in [-0.2, 0) is 4.79 Å². The lowest BCUT2D eigenvalue weighted by Gasteiger charge is -2.17. The fraction of sp³-hybridized carbons (Fsp3) is 0.267. The minimum Gasteiger partial charge on any atom is -0.271 e. The number of hydrogen-bond acceptors (Lipinski definition) is 5. The van der Waals surface area contributed by atoms with Crippen LogP contribution >= 0.6 is 11.8 Å². The highest BCUT2D eigenvalue weighted by atomic mass is 32.2. The lowest BCUT2D eigenvalue weighted by Crippen LogP contribution is -2.27. The third-order valence-corrected chi connectivity index (χ3v) is 3.90. The molecule has 1 aromatic rings. The van der Waals surface area contributed by atoms with E-state index in [0.717, 1.165) is 17.1 Å². The molecule has 1 unspecified atom stereocenters. The van der Waals surface area contributed by atoms with Gasteiger partial charge in [0.2, 0.25) is 0 Å². The average Bonchev–Trinajstić information content (AvgIpc) is 2.44. The van der Waals surface area contributed by atoms with Crippen molar-refractivity contribution in [2.75, 3.05) is 5.75 Å². The zero-order valence-electron chi connectivity index (χ0n) is 11.8. The summed E-state index contributed by atoms with van der Waals surface area (Å²) in [6.45, 7) is 3.87. The molecular weight excluding hydrogens is 284 g/mol. The van der Waals surface area contributed by atoms with Crippen LogP contribution in [0.1, 0.15) is 11.4 Å². The van der Waals surface area contributed by atoms with Gasteiger partial charge in [0, 0.05) is 11.4 Å². The molecule has 2 aliphatic rings. The quantitative estimate of drug-likeness (QED) is 0.634. The van der Waals surface area contributed by atoms with Gasteiger partial charge in [-0.05, 0) is 26.0 Å². The van der Waals surface area contributed by atoms with E-state index in [-0.39, 0.29) is 11.8 Å². The Kier molecular flexibility index (Phi) is 3.79. The molecule has 0 saturated carbocycles. The van der Waals surface area contributed by atoms with Gasteiger partial charge in [-0.2, -0.15) is 4.99 Å². The van der Waals surface area contributed by atoms with E-state index in [9.17, 15) is 4.79 Å². The van der Waals surface area contributed by atoms with Gasteiger partial charge in [-0.1, -0.05) is 30.0 Å². The Balaban J connectivity index is 1.74. The number of amides is 1. The Morgan fingerprint density at radius 3 is 2.67 bits per heavy atom. The first-order valence-corrected chi connectivity index (χ1v) is 7.60. The Morgan fingerprint density at radius 1 is 1.14 bits per heavy atom. The molecule has 1 atom stereocenters. The van der Waals surface area contributed by atoms with Gasteiger partial charge in [-0.3, -0.25) is 4.79 Å². The van der Waals surface area contributed by atoms with Crippen molar-refractivity contribution in [1.82, 2.24) is 9.97 Å². The van der Waals surface area contributed by atoms with E-state index >= 15 is 0 Å². The predicted molar refractivity (Wildman–Crippen MR) is 83.9 cm³/mol. The maximum absolute atomic E-state index is 12.0. The lowest BCUT2D eigenvalue weighted by atomic mass is 9.97. The van der Waals surface area contributed by atoms with E-state index in [2.05, 4.69) is 20.0 Å². The number of fused-ring (bicyclic) bond motifs is 1. The van der Waals surface area contributed by atoms with Crippen molar-refractivity contribution < 1.29 is 4.79 Å². The molecule has 0 bridgehead atoms. The van der Waals surface area contributed by atoms with Gasteiger partial charge in [0.05, 0.1) is 11.5 Å². The largest absolute Gasteiger partial charge is 0.271 e. The summed E-state index contributed by atoms with van der Waals surface area (Å²) in [6.07, 6.45) is 7.41. The second kappa shape index (κ2) is 5.73. The van der Waals surface area contributed by atoms with Gasteiger partial charge in [0.25, 0.3) is 5.91 Å². The summed E-state index contributed by atoms with van der Waals surface area (Å²) in [5.41, 5.74) is 2.62. The maximum atomic E-state index is 12.0. The minimum atomic E-state index is -0.318. The molecule has 0 N–H and O–H groups in total. The molecule has 6 heteroatoms. The molecule has 0 saturated heterocycles. The van der Waals surface area contributed by atoms with Crippen molar-refractivity contribution in [3.63, 3.8) is 0 Å². The van der Waals surface area contributed by atoms with Crippen LogP contribution in [0.3, 0.4) is 0 Å². The fourth-order valence-corrected chi connectivity index (χ4v) is 2.97. The Labute approximate surface area is 127 Å². The molecule has 1 aromatic heterocycles. The van der Waals surface area contributed by atoms with Crippen LogP contribution in [0.2, 0.25) is 0 Å². The number of aliphatic imine (C=N–C) groups is 2. The number of rotatable bonds is 3. The van der Waals surface area contributed by atoms with Crippen molar-refractivity contribution in [3.05, 3.63) is 41.8 Å². The van der Waals surface area contributed by atoms with Gasteiger partial charge in [-0.25, -0.2) is 15.0 Å². The van der Waals surface area contributed by atoms with E-state index in [4.69, 9.17) is 0 Å². The number of hydrogen-bond donors (Lipinski definition) is 0. The van der Waals surface area contributed by atoms with Gasteiger partial charge < -0.3 is 0 Å². The molecule has 3 rings (SSSR count). The van der Waals surface area contributed by atoms with Crippen molar-refractivity contribution in [2.45, 2.75) is 19.0 Å². The third-order valence-electron chi connectivity index (χ3n) is 3.06. The number of thioether (sulfide) groups is 1. The van der Waals surface area contributed by atoms with E-state index in [0.29, 0.717) is 16.7 Å². The molecule has 5 nitrogen and oxygen atoms in total. The topological polar surface area (TPSA) is 67.6 Å². The third kappa shape index (κ3) is 3.16. The zero-order chi connectivity index (χ0) is 14.8. The highest BCUT2D eigenvalue weighted by Gasteiger charge is 2.26. The summed E-state index contributed by atoms with van der Waals surface area (Å²) >= 11 is 1.44. The number of allylic oxidation sites excluding steroid dienone is 3. The molecule has 106 valence electrons. The van der Waals surface area contributed by atoms with Crippen LogP contribution in [0.5, 0.6) is 0 Å². The van der Waals surface area contributed by atoms with Gasteiger partial charge in [0.1, 0.15) is 11.8 Å². The summed E-state index contributed by atoms with van der Waals surface area (Å²) < 4.78 is 0. The number of aryl methyl sites for hydroxylation is 2. The summed E-state index contributed by atoms with van der Waals surface area (Å²) in [6, 6.07) is 1.93. The molecule has 21 heavy (non-hydrogen) atoms. The highest BCUT2D eigenvalue weighted by Crippen LogP contribution is 2.20. The first-order valence-electron chi connectivity index (χ1n) is 6.62. The van der Waals surface area contributed by atoms with E-state index in [1.54, 1.807) is 0 Å². The SMILES string of the molecule is Cc1cc(C)nc(SCC2=NC(=O)C3C=CC=CC3=N2)n1. The summed E-state index contributed by atoms with van der Waals surface area (Å²) in [5.74, 6) is 0.542. The molecular formula is C15H14N4OS. The van der Waals surface area contributed by atoms with E-state index in [1.807, 2.05) is 44.2 Å². The summed E-state index contributed by atoms with van der Waals surface area (Å²) in [4.78, 5) is 29.2. The van der Waals surface area contributed by atoms with Crippen molar-refractivity contribution in [2.24, 2.45) is 15.9 Å². The van der Waals surface area contributed by atoms with Crippen LogP contribution in [-0.4, -0.2) is 33.2 Å². The van der Waals surface area contributed by atoms with Crippen LogP contribution in [0.4, 0.5) is 0 Å². The monoisotopic (exact) mass is 298 g/mol. The van der Waals surface area contributed by atoms with Gasteiger partial charge in [-0.15, -0.1) is 0 Å². The van der Waals surface area contributed by atoms with E-state index in [1.165, 1.54) is 11.8 Å². The van der Waals surface area contributed by atoms with Gasteiger partial charge in [0.15, 0.2) is 5.16 Å². The summed E-state index contributed by atoms with van der Waals surface area (Å²) in [5, 5.41) is 0.684. The minimum absolute atomic E-state index is 0.155. The van der Waals surface area contributed by atoms with Crippen LogP contribution in [0.15, 0.2) is 45.5 Å². The second-order valence-corrected chi connectivity index (χ2v) is 5.79. The Hall–Kier alpha value is -2.08. The molecule has 1 aliphatic carbocycles. The first kappa shape index (κ1) is 13.9. The standard InChI is InChI=1S/C15H14N4OS/c1-9-7-10(2)17-15(16-9)21-8-13-18-12-6-4-3-5-11(12)14(20)19-13/h3-7,11H,8H2,1-2H3. The van der Waals surface area contributed by atoms with Crippen LogP contribution in [0, 0.1) is 19.8 Å². The van der Waals surface area contributed by atoms with Crippen LogP contribution in [0.25, 0.3) is 0 Å². The number of nitrogens with zero attached hydrogens (tertiary/aromatic N) is 4. The second-order valence-electron chi connectivity index (χ2n) is 4.85. The number of amidine groups is 1. The summed E-state index contributed by atoms with van der Waals surface area (Å²) in [7, 11) is 0. The molecule has 0 aromatic carbocycles. The predicted octanol–water partition coefficient (Wildman–Crippen LogP) is 2.31. The fourth-order valence-electron chi connectivity index (χ4n) is 2.17. The van der Waals surface area contributed by atoms with Crippen LogP contribution < -0.4 is 0 Å². The number of carbonyl (C=O) groups is 1. The Morgan fingerprint density at radius 2 is 1.90 bits per heavy atom. The van der Waals surface area contributed by atoms with E-state index < -0.39 is 0 Å². The zero-order valence-corrected chi connectivity index (χ0v) is 12.6. The Bertz CT molecular complexity index is 698. The van der Waals surface area contributed by atoms with Crippen molar-refractivity contribution in [1.29, 1.82) is 0 Å². The highest BCUT2D eigenvalue weighted by molar-refractivity contribution is 7.99. The van der Waals surface area contributed by atoms with Crippen molar-refractivity contribution in [3.8, 4) is 0 Å². The molecule has 0 fully saturated rings. The first-order chi connectivity index (χ1) is 10.1. The average molecular weight is 298 g/mol. The number of carbonyl (C=O) groups excluding carboxylic acids is 1. The van der Waals surface area contributed by atoms with Gasteiger partial charge >= 0.3 is 0 Å². The van der Waals surface area contributed by atoms with Crippen molar-refractivity contribution >= 4 is 29.2 Å². The molecule has 0 radical (unpaired) electrons. The molecule has 2 heterocycles. The molecule has 1 amide bonds. The lowest BCUT2D eigenvalue weighted by molar-refractivity contribution is -0.118. The molecule has 0 spiro atoms. The number of aromatic nitrogens is 2. The molecule has 1 aliphatic heterocycles. The smallest absolute Gasteiger partial charge is 0.260 e.